The van der Waals surface area contributed by atoms with E-state index in [2.05, 4.69) is 20.9 Å². The number of ketones is 1. The first-order valence-electron chi connectivity index (χ1n) is 10.1. The number of hydrogen-bond donors (Lipinski definition) is 1. The summed E-state index contributed by atoms with van der Waals surface area (Å²) in [5, 5.41) is 0.793. The Bertz CT molecular complexity index is 1320. The molecule has 0 saturated heterocycles. The summed E-state index contributed by atoms with van der Waals surface area (Å²) in [4.78, 5) is 29.2. The molecule has 0 radical (unpaired) electrons. The summed E-state index contributed by atoms with van der Waals surface area (Å²) < 4.78 is 11.7. The quantitative estimate of drug-likeness (QED) is 0.361. The second-order valence-electron chi connectivity index (χ2n) is 7.39. The van der Waals surface area contributed by atoms with Gasteiger partial charge < -0.3 is 14.5 Å². The molecule has 0 fully saturated rings. The molecule has 1 aliphatic carbocycles. The molecule has 0 amide bonds. The SMILES string of the molecule is COC1=CC=C(/C=C/C(=O)c2c(-c3ccccc3)c3cc(Br)ccc3[nH]c2=O)C(OC)C1. The van der Waals surface area contributed by atoms with Crippen molar-refractivity contribution >= 4 is 32.6 Å². The van der Waals surface area contributed by atoms with Gasteiger partial charge in [0.1, 0.15) is 0 Å². The van der Waals surface area contributed by atoms with Gasteiger partial charge in [-0.1, -0.05) is 58.4 Å². The Morgan fingerprint density at radius 3 is 2.62 bits per heavy atom. The van der Waals surface area contributed by atoms with E-state index in [1.54, 1.807) is 20.3 Å². The number of fused-ring (bicyclic) bond motifs is 1. The summed E-state index contributed by atoms with van der Waals surface area (Å²) in [5.41, 5.74) is 2.61. The van der Waals surface area contributed by atoms with E-state index in [0.29, 0.717) is 17.5 Å². The maximum absolute atomic E-state index is 13.3. The molecule has 32 heavy (non-hydrogen) atoms. The number of halogens is 1. The Morgan fingerprint density at radius 1 is 1.12 bits per heavy atom. The molecule has 1 aromatic heterocycles. The van der Waals surface area contributed by atoms with Crippen LogP contribution in [0.25, 0.3) is 22.0 Å². The number of pyridine rings is 1. The zero-order valence-corrected chi connectivity index (χ0v) is 19.3. The van der Waals surface area contributed by atoms with Gasteiger partial charge in [0.25, 0.3) is 5.56 Å². The van der Waals surface area contributed by atoms with Crippen LogP contribution in [0.2, 0.25) is 0 Å². The number of nitrogens with one attached hydrogen (secondary N) is 1. The van der Waals surface area contributed by atoms with E-state index in [4.69, 9.17) is 9.47 Å². The number of hydrogen-bond acceptors (Lipinski definition) is 4. The van der Waals surface area contributed by atoms with E-state index in [-0.39, 0.29) is 17.5 Å². The summed E-state index contributed by atoms with van der Waals surface area (Å²) in [6.07, 6.45) is 7.22. The summed E-state index contributed by atoms with van der Waals surface area (Å²) >= 11 is 3.50. The summed E-state index contributed by atoms with van der Waals surface area (Å²) in [7, 11) is 3.23. The number of benzene rings is 2. The second-order valence-corrected chi connectivity index (χ2v) is 8.31. The van der Waals surface area contributed by atoms with Gasteiger partial charge in [-0.3, -0.25) is 9.59 Å². The predicted octanol–water partition coefficient (Wildman–Crippen LogP) is 5.57. The van der Waals surface area contributed by atoms with Crippen molar-refractivity contribution in [2.24, 2.45) is 0 Å². The highest BCUT2D eigenvalue weighted by Crippen LogP contribution is 2.32. The van der Waals surface area contributed by atoms with Crippen molar-refractivity contribution in [1.82, 2.24) is 4.98 Å². The van der Waals surface area contributed by atoms with Crippen LogP contribution in [0.4, 0.5) is 0 Å². The van der Waals surface area contributed by atoms with Crippen LogP contribution in [-0.4, -0.2) is 31.1 Å². The molecule has 1 unspecified atom stereocenters. The van der Waals surface area contributed by atoms with Crippen molar-refractivity contribution in [2.75, 3.05) is 14.2 Å². The number of ether oxygens (including phenoxy) is 2. The highest BCUT2D eigenvalue weighted by molar-refractivity contribution is 9.10. The normalized spacial score (nSPS) is 16.2. The average Bonchev–Trinajstić information content (AvgIpc) is 2.82. The Hall–Kier alpha value is -3.22. The maximum Gasteiger partial charge on any atom is 0.260 e. The van der Waals surface area contributed by atoms with Crippen molar-refractivity contribution < 1.29 is 14.3 Å². The standard InChI is InChI=1S/C26H22BrNO4/c1-31-19-11-8-16(23(15-19)32-2)9-13-22(29)25-24(17-6-4-3-5-7-17)20-14-18(27)10-12-21(20)28-26(25)30/h3-14,23H,15H2,1-2H3,(H,28,30)/b13-9+. The lowest BCUT2D eigenvalue weighted by Gasteiger charge is -2.21. The van der Waals surface area contributed by atoms with Crippen LogP contribution >= 0.6 is 15.9 Å². The molecule has 1 aliphatic rings. The third-order valence-electron chi connectivity index (χ3n) is 5.48. The van der Waals surface area contributed by atoms with Gasteiger partial charge in [0, 0.05) is 34.5 Å². The smallest absolute Gasteiger partial charge is 0.260 e. The minimum absolute atomic E-state index is 0.108. The molecule has 2 aromatic carbocycles. The fraction of sp³-hybridized carbons (Fsp3) is 0.154. The largest absolute Gasteiger partial charge is 0.501 e. The van der Waals surface area contributed by atoms with Gasteiger partial charge in [0.05, 0.1) is 24.5 Å². The fourth-order valence-electron chi connectivity index (χ4n) is 3.86. The molecule has 4 rings (SSSR count). The zero-order chi connectivity index (χ0) is 22.7. The first kappa shape index (κ1) is 22.0. The van der Waals surface area contributed by atoms with E-state index in [0.717, 1.165) is 26.8 Å². The van der Waals surface area contributed by atoms with E-state index < -0.39 is 5.56 Å². The number of aromatic amines is 1. The number of methoxy groups -OCH3 is 2. The molecule has 0 bridgehead atoms. The number of aromatic nitrogens is 1. The van der Waals surface area contributed by atoms with E-state index in [1.165, 1.54) is 6.08 Å². The molecule has 0 spiro atoms. The van der Waals surface area contributed by atoms with Crippen LogP contribution in [0.15, 0.2) is 93.4 Å². The van der Waals surface area contributed by atoms with Crippen molar-refractivity contribution in [1.29, 1.82) is 0 Å². The van der Waals surface area contributed by atoms with Crippen molar-refractivity contribution in [3.05, 3.63) is 105 Å². The van der Waals surface area contributed by atoms with Crippen LogP contribution in [0.1, 0.15) is 16.8 Å². The lowest BCUT2D eigenvalue weighted by molar-refractivity contribution is 0.104. The molecule has 3 aromatic rings. The molecule has 1 heterocycles. The minimum Gasteiger partial charge on any atom is -0.501 e. The molecular weight excluding hydrogens is 470 g/mol. The topological polar surface area (TPSA) is 68.4 Å². The molecular formula is C26H22BrNO4. The van der Waals surface area contributed by atoms with E-state index in [9.17, 15) is 9.59 Å². The lowest BCUT2D eigenvalue weighted by atomic mass is 9.93. The third-order valence-corrected chi connectivity index (χ3v) is 5.97. The minimum atomic E-state index is -0.421. The molecule has 162 valence electrons. The number of rotatable bonds is 6. The molecule has 1 N–H and O–H groups in total. The van der Waals surface area contributed by atoms with Crippen molar-refractivity contribution in [2.45, 2.75) is 12.5 Å². The van der Waals surface area contributed by atoms with Gasteiger partial charge in [-0.15, -0.1) is 0 Å². The van der Waals surface area contributed by atoms with Crippen LogP contribution in [0, 0.1) is 0 Å². The number of carbonyl (C=O) groups is 1. The van der Waals surface area contributed by atoms with Gasteiger partial charge in [0.2, 0.25) is 0 Å². The van der Waals surface area contributed by atoms with Gasteiger partial charge in [-0.05, 0) is 41.5 Å². The zero-order valence-electron chi connectivity index (χ0n) is 17.7. The first-order chi connectivity index (χ1) is 15.5. The molecule has 5 nitrogen and oxygen atoms in total. The van der Waals surface area contributed by atoms with Crippen molar-refractivity contribution in [3.63, 3.8) is 0 Å². The average molecular weight is 492 g/mol. The first-order valence-corrected chi connectivity index (χ1v) is 10.9. The number of carbonyl (C=O) groups excluding carboxylic acids is 1. The third kappa shape index (κ3) is 4.38. The van der Waals surface area contributed by atoms with Gasteiger partial charge in [-0.2, -0.15) is 0 Å². The molecule has 1 atom stereocenters. The highest BCUT2D eigenvalue weighted by atomic mass is 79.9. The van der Waals surface area contributed by atoms with Crippen LogP contribution < -0.4 is 5.56 Å². The summed E-state index contributed by atoms with van der Waals surface area (Å²) in [6, 6.07) is 15.1. The Balaban J connectivity index is 1.84. The monoisotopic (exact) mass is 491 g/mol. The lowest BCUT2D eigenvalue weighted by Crippen LogP contribution is -2.20. The summed E-state index contributed by atoms with van der Waals surface area (Å²) in [6.45, 7) is 0. The van der Waals surface area contributed by atoms with Crippen molar-refractivity contribution in [3.8, 4) is 11.1 Å². The van der Waals surface area contributed by atoms with Crippen LogP contribution in [-0.2, 0) is 9.47 Å². The second kappa shape index (κ2) is 9.51. The number of allylic oxidation sites excluding steroid dienone is 3. The molecule has 0 saturated carbocycles. The van der Waals surface area contributed by atoms with Gasteiger partial charge >= 0.3 is 0 Å². The van der Waals surface area contributed by atoms with Crippen LogP contribution in [0.5, 0.6) is 0 Å². The van der Waals surface area contributed by atoms with Crippen LogP contribution in [0.3, 0.4) is 0 Å². The Kier molecular flexibility index (Phi) is 6.53. The molecule has 6 heteroatoms. The van der Waals surface area contributed by atoms with E-state index >= 15 is 0 Å². The van der Waals surface area contributed by atoms with Gasteiger partial charge in [-0.25, -0.2) is 0 Å². The number of H-pyrrole nitrogens is 1. The predicted molar refractivity (Wildman–Crippen MR) is 130 cm³/mol. The maximum atomic E-state index is 13.3. The summed E-state index contributed by atoms with van der Waals surface area (Å²) in [5.74, 6) is 0.437. The Labute approximate surface area is 194 Å². The van der Waals surface area contributed by atoms with Gasteiger partial charge in [0.15, 0.2) is 5.78 Å². The van der Waals surface area contributed by atoms with E-state index in [1.807, 2.05) is 60.7 Å². The molecule has 0 aliphatic heterocycles. The fourth-order valence-corrected chi connectivity index (χ4v) is 4.22. The Morgan fingerprint density at radius 2 is 1.91 bits per heavy atom. The highest BCUT2D eigenvalue weighted by Gasteiger charge is 2.21.